The van der Waals surface area contributed by atoms with E-state index in [0.717, 1.165) is 37.1 Å². The first-order chi connectivity index (χ1) is 13.4. The van der Waals surface area contributed by atoms with Crippen molar-refractivity contribution < 1.29 is 13.2 Å². The highest BCUT2D eigenvalue weighted by molar-refractivity contribution is 7.89. The minimum absolute atomic E-state index is 0.0915. The highest BCUT2D eigenvalue weighted by Crippen LogP contribution is 2.29. The van der Waals surface area contributed by atoms with Crippen LogP contribution in [-0.4, -0.2) is 34.2 Å². The van der Waals surface area contributed by atoms with Gasteiger partial charge in [0, 0.05) is 29.8 Å². The standard InChI is InChI=1S/C21H27ClN2O3S/c1-3-27-18-12-10-17(11-13-18)24(2)21-7-5-4-6-20(21)23-28(25,26)19-14-8-16(22)9-15-19/h8-15,20-21,23H,3-7H2,1-2H3/t20-,21-/m0/s1. The zero-order valence-corrected chi connectivity index (χ0v) is 17.8. The van der Waals surface area contributed by atoms with Crippen LogP contribution in [0.25, 0.3) is 0 Å². The molecule has 0 heterocycles. The Kier molecular flexibility index (Phi) is 6.86. The molecule has 1 aliphatic carbocycles. The van der Waals surface area contributed by atoms with Crippen LogP contribution in [0.1, 0.15) is 32.6 Å². The summed E-state index contributed by atoms with van der Waals surface area (Å²) < 4.78 is 34.1. The second kappa shape index (κ2) is 9.16. The molecule has 152 valence electrons. The van der Waals surface area contributed by atoms with Crippen LogP contribution >= 0.6 is 11.6 Å². The minimum atomic E-state index is -3.59. The first kappa shape index (κ1) is 21.0. The maximum Gasteiger partial charge on any atom is 0.240 e. The van der Waals surface area contributed by atoms with Crippen LogP contribution in [0, 0.1) is 0 Å². The van der Waals surface area contributed by atoms with E-state index in [9.17, 15) is 8.42 Å². The van der Waals surface area contributed by atoms with Crippen molar-refractivity contribution in [2.75, 3.05) is 18.6 Å². The van der Waals surface area contributed by atoms with Crippen molar-refractivity contribution in [1.29, 1.82) is 0 Å². The van der Waals surface area contributed by atoms with Crippen molar-refractivity contribution in [3.05, 3.63) is 53.6 Å². The Hall–Kier alpha value is -1.76. The Bertz CT molecular complexity index is 870. The molecule has 2 aromatic carbocycles. The monoisotopic (exact) mass is 422 g/mol. The lowest BCUT2D eigenvalue weighted by molar-refractivity contribution is 0.339. The molecular formula is C21H27ClN2O3S. The third kappa shape index (κ3) is 4.99. The molecule has 0 aliphatic heterocycles. The van der Waals surface area contributed by atoms with Gasteiger partial charge in [0.05, 0.1) is 11.5 Å². The van der Waals surface area contributed by atoms with Crippen LogP contribution < -0.4 is 14.4 Å². The molecule has 0 unspecified atom stereocenters. The first-order valence-electron chi connectivity index (χ1n) is 9.64. The normalized spacial score (nSPS) is 20.0. The molecule has 0 radical (unpaired) electrons. The minimum Gasteiger partial charge on any atom is -0.494 e. The lowest BCUT2D eigenvalue weighted by Crippen LogP contribution is -2.52. The number of rotatable bonds is 7. The molecule has 0 amide bonds. The number of anilines is 1. The summed E-state index contributed by atoms with van der Waals surface area (Å²) in [4.78, 5) is 2.41. The molecule has 1 aliphatic rings. The molecule has 0 spiro atoms. The molecule has 1 N–H and O–H groups in total. The van der Waals surface area contributed by atoms with E-state index in [1.54, 1.807) is 24.3 Å². The van der Waals surface area contributed by atoms with E-state index >= 15 is 0 Å². The van der Waals surface area contributed by atoms with E-state index < -0.39 is 10.0 Å². The molecule has 7 heteroatoms. The second-order valence-corrected chi connectivity index (χ2v) is 9.22. The lowest BCUT2D eigenvalue weighted by atomic mass is 9.90. The van der Waals surface area contributed by atoms with Gasteiger partial charge in [-0.15, -0.1) is 0 Å². The molecular weight excluding hydrogens is 396 g/mol. The van der Waals surface area contributed by atoms with E-state index in [-0.39, 0.29) is 17.0 Å². The van der Waals surface area contributed by atoms with Crippen molar-refractivity contribution in [2.45, 2.75) is 49.6 Å². The first-order valence-corrected chi connectivity index (χ1v) is 11.5. The van der Waals surface area contributed by atoms with E-state index in [2.05, 4.69) is 9.62 Å². The van der Waals surface area contributed by atoms with Crippen molar-refractivity contribution in [3.63, 3.8) is 0 Å². The van der Waals surface area contributed by atoms with Gasteiger partial charge in [-0.05, 0) is 68.3 Å². The molecule has 5 nitrogen and oxygen atoms in total. The predicted octanol–water partition coefficient (Wildman–Crippen LogP) is 4.46. The van der Waals surface area contributed by atoms with Crippen LogP contribution in [0.3, 0.4) is 0 Å². The van der Waals surface area contributed by atoms with Crippen LogP contribution in [0.4, 0.5) is 5.69 Å². The van der Waals surface area contributed by atoms with Gasteiger partial charge in [0.15, 0.2) is 0 Å². The fourth-order valence-electron chi connectivity index (χ4n) is 3.73. The Morgan fingerprint density at radius 3 is 2.36 bits per heavy atom. The van der Waals surface area contributed by atoms with E-state index in [0.29, 0.717) is 11.6 Å². The second-order valence-electron chi connectivity index (χ2n) is 7.07. The summed E-state index contributed by atoms with van der Waals surface area (Å²) in [5.41, 5.74) is 1.05. The van der Waals surface area contributed by atoms with E-state index in [4.69, 9.17) is 16.3 Å². The summed E-state index contributed by atoms with van der Waals surface area (Å²) >= 11 is 5.89. The smallest absolute Gasteiger partial charge is 0.240 e. The zero-order chi connectivity index (χ0) is 20.1. The fraction of sp³-hybridized carbons (Fsp3) is 0.429. The maximum atomic E-state index is 12.8. The van der Waals surface area contributed by atoms with E-state index in [1.807, 2.05) is 38.2 Å². The van der Waals surface area contributed by atoms with Crippen LogP contribution in [0.2, 0.25) is 5.02 Å². The maximum absolute atomic E-state index is 12.8. The lowest BCUT2D eigenvalue weighted by Gasteiger charge is -2.39. The molecule has 1 saturated carbocycles. The summed E-state index contributed by atoms with van der Waals surface area (Å²) in [5.74, 6) is 0.836. The zero-order valence-electron chi connectivity index (χ0n) is 16.3. The van der Waals surface area contributed by atoms with Crippen LogP contribution in [0.15, 0.2) is 53.4 Å². The summed E-state index contributed by atoms with van der Waals surface area (Å²) in [6, 6.07) is 14.2. The topological polar surface area (TPSA) is 58.6 Å². The summed E-state index contributed by atoms with van der Waals surface area (Å²) in [5, 5.41) is 0.518. The van der Waals surface area contributed by atoms with Gasteiger partial charge >= 0.3 is 0 Å². The van der Waals surface area contributed by atoms with E-state index in [1.165, 1.54) is 0 Å². The molecule has 0 aromatic heterocycles. The Balaban J connectivity index is 1.76. The molecule has 2 atom stereocenters. The van der Waals surface area contributed by atoms with Crippen molar-refractivity contribution in [3.8, 4) is 5.75 Å². The highest BCUT2D eigenvalue weighted by Gasteiger charge is 2.32. The number of ether oxygens (including phenoxy) is 1. The Labute approximate surface area is 172 Å². The van der Waals surface area contributed by atoms with Gasteiger partial charge in [-0.3, -0.25) is 0 Å². The number of likely N-dealkylation sites (N-methyl/N-ethyl adjacent to an activating group) is 1. The molecule has 3 rings (SSSR count). The van der Waals surface area contributed by atoms with Crippen molar-refractivity contribution in [2.24, 2.45) is 0 Å². The number of benzene rings is 2. The van der Waals surface area contributed by atoms with Gasteiger partial charge in [-0.25, -0.2) is 13.1 Å². The van der Waals surface area contributed by atoms with Gasteiger partial charge in [0.1, 0.15) is 5.75 Å². The number of nitrogens with one attached hydrogen (secondary N) is 1. The summed E-state index contributed by atoms with van der Waals surface area (Å²) in [7, 11) is -1.57. The number of hydrogen-bond acceptors (Lipinski definition) is 4. The Morgan fingerprint density at radius 1 is 1.07 bits per heavy atom. The number of nitrogens with zero attached hydrogens (tertiary/aromatic N) is 1. The van der Waals surface area contributed by atoms with Crippen LogP contribution in [-0.2, 0) is 10.0 Å². The fourth-order valence-corrected chi connectivity index (χ4v) is 5.16. The largest absolute Gasteiger partial charge is 0.494 e. The highest BCUT2D eigenvalue weighted by atomic mass is 35.5. The van der Waals surface area contributed by atoms with Gasteiger partial charge < -0.3 is 9.64 Å². The third-order valence-corrected chi connectivity index (χ3v) is 6.97. The van der Waals surface area contributed by atoms with Gasteiger partial charge in [-0.1, -0.05) is 24.4 Å². The van der Waals surface area contributed by atoms with Gasteiger partial charge in [0.25, 0.3) is 0 Å². The molecule has 28 heavy (non-hydrogen) atoms. The average Bonchev–Trinajstić information content (AvgIpc) is 2.69. The quantitative estimate of drug-likeness (QED) is 0.715. The third-order valence-electron chi connectivity index (χ3n) is 5.21. The summed E-state index contributed by atoms with van der Waals surface area (Å²) in [6.45, 7) is 2.59. The molecule has 0 saturated heterocycles. The number of hydrogen-bond donors (Lipinski definition) is 1. The number of halogens is 1. The molecule has 1 fully saturated rings. The van der Waals surface area contributed by atoms with Gasteiger partial charge in [0.2, 0.25) is 10.0 Å². The van der Waals surface area contributed by atoms with Crippen molar-refractivity contribution >= 4 is 27.3 Å². The van der Waals surface area contributed by atoms with Crippen molar-refractivity contribution in [1.82, 2.24) is 4.72 Å². The average molecular weight is 423 g/mol. The SMILES string of the molecule is CCOc1ccc(N(C)[C@H]2CCCC[C@@H]2NS(=O)(=O)c2ccc(Cl)cc2)cc1. The molecule has 2 aromatic rings. The number of sulfonamides is 1. The predicted molar refractivity (Wildman–Crippen MR) is 114 cm³/mol. The summed E-state index contributed by atoms with van der Waals surface area (Å²) in [6.07, 6.45) is 3.86. The molecule has 0 bridgehead atoms. The van der Waals surface area contributed by atoms with Crippen LogP contribution in [0.5, 0.6) is 5.75 Å². The van der Waals surface area contributed by atoms with Gasteiger partial charge in [-0.2, -0.15) is 0 Å². The Morgan fingerprint density at radius 2 is 1.71 bits per heavy atom.